The first-order valence-corrected chi connectivity index (χ1v) is 10.5. The summed E-state index contributed by atoms with van der Waals surface area (Å²) in [6, 6.07) is 6.89. The molecule has 0 spiro atoms. The number of aliphatic imine (C=N–C) groups is 1. The fourth-order valence-electron chi connectivity index (χ4n) is 1.84. The van der Waals surface area contributed by atoms with E-state index in [-0.39, 0.29) is 24.0 Å². The number of thioether (sulfide) groups is 1. The molecule has 0 unspecified atom stereocenters. The predicted octanol–water partition coefficient (Wildman–Crippen LogP) is 2.52. The highest BCUT2D eigenvalue weighted by atomic mass is 127. The van der Waals surface area contributed by atoms with Crippen molar-refractivity contribution in [2.45, 2.75) is 24.3 Å². The molecule has 2 N–H and O–H groups in total. The zero-order valence-electron chi connectivity index (χ0n) is 13.8. The number of sulfone groups is 1. The van der Waals surface area contributed by atoms with Crippen molar-refractivity contribution in [1.29, 1.82) is 0 Å². The van der Waals surface area contributed by atoms with Crippen LogP contribution in [0.3, 0.4) is 0 Å². The van der Waals surface area contributed by atoms with Gasteiger partial charge in [-0.3, -0.25) is 4.99 Å². The summed E-state index contributed by atoms with van der Waals surface area (Å²) in [5, 5.41) is 6.49. The zero-order valence-corrected chi connectivity index (χ0v) is 17.8. The van der Waals surface area contributed by atoms with Crippen LogP contribution in [0, 0.1) is 0 Å². The quantitative estimate of drug-likeness (QED) is 0.264. The van der Waals surface area contributed by atoms with Gasteiger partial charge in [0.25, 0.3) is 0 Å². The molecular formula is C15H26IN3O2S2. The van der Waals surface area contributed by atoms with Crippen LogP contribution in [-0.4, -0.2) is 46.2 Å². The fraction of sp³-hybridized carbons (Fsp3) is 0.533. The van der Waals surface area contributed by atoms with Gasteiger partial charge in [-0.1, -0.05) is 12.1 Å². The van der Waals surface area contributed by atoms with E-state index in [0.717, 1.165) is 24.5 Å². The second-order valence-corrected chi connectivity index (χ2v) is 7.97. The molecule has 0 aliphatic carbocycles. The highest BCUT2D eigenvalue weighted by Gasteiger charge is 2.06. The number of nitrogens with zero attached hydrogens (tertiary/aromatic N) is 1. The topological polar surface area (TPSA) is 70.6 Å². The molecule has 1 aromatic carbocycles. The average molecular weight is 471 g/mol. The molecule has 0 fully saturated rings. The van der Waals surface area contributed by atoms with E-state index in [9.17, 15) is 8.42 Å². The second kappa shape index (κ2) is 12.0. The molecule has 5 nitrogen and oxygen atoms in total. The number of guanidine groups is 1. The molecule has 0 saturated heterocycles. The number of rotatable bonds is 8. The van der Waals surface area contributed by atoms with Gasteiger partial charge in [-0.15, -0.1) is 24.0 Å². The van der Waals surface area contributed by atoms with Crippen LogP contribution >= 0.6 is 35.7 Å². The summed E-state index contributed by atoms with van der Waals surface area (Å²) in [5.74, 6) is 1.94. The van der Waals surface area contributed by atoms with Crippen LogP contribution < -0.4 is 10.6 Å². The maximum atomic E-state index is 11.4. The van der Waals surface area contributed by atoms with Gasteiger partial charge >= 0.3 is 0 Å². The molecule has 0 amide bonds. The van der Waals surface area contributed by atoms with Gasteiger partial charge in [0.1, 0.15) is 0 Å². The highest BCUT2D eigenvalue weighted by molar-refractivity contribution is 14.0. The van der Waals surface area contributed by atoms with Crippen molar-refractivity contribution < 1.29 is 8.42 Å². The van der Waals surface area contributed by atoms with Crippen LogP contribution in [-0.2, 0) is 16.4 Å². The van der Waals surface area contributed by atoms with Crippen molar-refractivity contribution in [3.8, 4) is 0 Å². The summed E-state index contributed by atoms with van der Waals surface area (Å²) >= 11 is 1.86. The summed E-state index contributed by atoms with van der Waals surface area (Å²) in [5.41, 5.74) is 1.01. The van der Waals surface area contributed by atoms with Crippen molar-refractivity contribution in [3.63, 3.8) is 0 Å². The number of nitrogens with one attached hydrogen (secondary N) is 2. The molecule has 0 aliphatic heterocycles. The summed E-state index contributed by atoms with van der Waals surface area (Å²) in [6.45, 7) is 1.50. The first-order chi connectivity index (χ1) is 10.5. The van der Waals surface area contributed by atoms with E-state index in [2.05, 4.69) is 21.9 Å². The van der Waals surface area contributed by atoms with Crippen LogP contribution in [0.15, 0.2) is 34.2 Å². The molecule has 0 aromatic heterocycles. The lowest BCUT2D eigenvalue weighted by Crippen LogP contribution is -2.37. The van der Waals surface area contributed by atoms with E-state index < -0.39 is 9.84 Å². The Morgan fingerprint density at radius 1 is 1.17 bits per heavy atom. The van der Waals surface area contributed by atoms with Crippen LogP contribution in [0.25, 0.3) is 0 Å². The third kappa shape index (κ3) is 9.41. The molecule has 0 atom stereocenters. The lowest BCUT2D eigenvalue weighted by Gasteiger charge is -2.12. The van der Waals surface area contributed by atoms with Gasteiger partial charge in [-0.2, -0.15) is 11.8 Å². The van der Waals surface area contributed by atoms with Crippen LogP contribution in [0.2, 0.25) is 0 Å². The van der Waals surface area contributed by atoms with E-state index in [1.54, 1.807) is 19.2 Å². The van der Waals surface area contributed by atoms with Gasteiger partial charge in [0.2, 0.25) is 0 Å². The number of benzene rings is 1. The highest BCUT2D eigenvalue weighted by Crippen LogP contribution is 2.10. The second-order valence-electron chi connectivity index (χ2n) is 4.97. The van der Waals surface area contributed by atoms with E-state index in [4.69, 9.17) is 0 Å². The Balaban J connectivity index is 0.00000484. The molecule has 0 radical (unpaired) electrons. The van der Waals surface area contributed by atoms with Crippen molar-refractivity contribution in [3.05, 3.63) is 29.8 Å². The SMILES string of the molecule is CN=C(NCCCCSC)NCc1ccc(S(C)(=O)=O)cc1.I. The summed E-state index contributed by atoms with van der Waals surface area (Å²) in [6.07, 6.45) is 5.63. The lowest BCUT2D eigenvalue weighted by molar-refractivity contribution is 0.602. The molecule has 0 aliphatic rings. The molecule has 8 heteroatoms. The third-order valence-corrected chi connectivity index (χ3v) is 4.93. The van der Waals surface area contributed by atoms with E-state index in [0.29, 0.717) is 11.4 Å². The van der Waals surface area contributed by atoms with Crippen LogP contribution in [0.1, 0.15) is 18.4 Å². The third-order valence-electron chi connectivity index (χ3n) is 3.10. The van der Waals surface area contributed by atoms with Gasteiger partial charge in [-0.25, -0.2) is 8.42 Å². The minimum atomic E-state index is -3.13. The fourth-order valence-corrected chi connectivity index (χ4v) is 2.96. The van der Waals surface area contributed by atoms with Gasteiger partial charge < -0.3 is 10.6 Å². The van der Waals surface area contributed by atoms with Crippen LogP contribution in [0.4, 0.5) is 0 Å². The molecule has 23 heavy (non-hydrogen) atoms. The van der Waals surface area contributed by atoms with Gasteiger partial charge in [0.15, 0.2) is 15.8 Å². The molecule has 1 aromatic rings. The molecule has 0 bridgehead atoms. The summed E-state index contributed by atoms with van der Waals surface area (Å²) in [4.78, 5) is 4.51. The monoisotopic (exact) mass is 471 g/mol. The number of halogens is 1. The zero-order chi connectivity index (χ0) is 16.4. The number of unbranched alkanes of at least 4 members (excludes halogenated alkanes) is 1. The van der Waals surface area contributed by atoms with Gasteiger partial charge in [0, 0.05) is 26.4 Å². The summed E-state index contributed by atoms with van der Waals surface area (Å²) in [7, 11) is -1.39. The average Bonchev–Trinajstić information content (AvgIpc) is 2.49. The Hall–Kier alpha value is -0.480. The van der Waals surface area contributed by atoms with Crippen LogP contribution in [0.5, 0.6) is 0 Å². The molecule has 0 saturated carbocycles. The Bertz CT molecular complexity index is 575. The van der Waals surface area contributed by atoms with Crippen molar-refractivity contribution in [1.82, 2.24) is 10.6 Å². The number of hydrogen-bond donors (Lipinski definition) is 2. The van der Waals surface area contributed by atoms with Crippen molar-refractivity contribution in [2.24, 2.45) is 4.99 Å². The Morgan fingerprint density at radius 2 is 1.83 bits per heavy atom. The lowest BCUT2D eigenvalue weighted by atomic mass is 10.2. The molecule has 0 heterocycles. The first-order valence-electron chi connectivity index (χ1n) is 7.20. The van der Waals surface area contributed by atoms with Gasteiger partial charge in [0.05, 0.1) is 4.90 Å². The molecule has 1 rings (SSSR count). The maximum absolute atomic E-state index is 11.4. The Morgan fingerprint density at radius 3 is 2.35 bits per heavy atom. The minimum absolute atomic E-state index is 0. The minimum Gasteiger partial charge on any atom is -0.356 e. The van der Waals surface area contributed by atoms with Gasteiger partial charge in [-0.05, 0) is 42.5 Å². The molecular weight excluding hydrogens is 445 g/mol. The van der Waals surface area contributed by atoms with E-state index in [1.165, 1.54) is 18.4 Å². The van der Waals surface area contributed by atoms with E-state index in [1.807, 2.05) is 23.9 Å². The summed E-state index contributed by atoms with van der Waals surface area (Å²) < 4.78 is 22.8. The largest absolute Gasteiger partial charge is 0.356 e. The smallest absolute Gasteiger partial charge is 0.191 e. The first kappa shape index (κ1) is 22.5. The maximum Gasteiger partial charge on any atom is 0.191 e. The van der Waals surface area contributed by atoms with E-state index >= 15 is 0 Å². The van der Waals surface area contributed by atoms with Crippen molar-refractivity contribution in [2.75, 3.05) is 31.9 Å². The van der Waals surface area contributed by atoms with Crippen molar-refractivity contribution >= 4 is 51.5 Å². The standard InChI is InChI=1S/C15H25N3O2S2.HI/c1-16-15(17-10-4-5-11-21-2)18-12-13-6-8-14(9-7-13)22(3,19)20;/h6-9H,4-5,10-12H2,1-3H3,(H2,16,17,18);1H. The predicted molar refractivity (Wildman–Crippen MR) is 111 cm³/mol. The number of hydrogen-bond acceptors (Lipinski definition) is 4. The Labute approximate surface area is 161 Å². The molecule has 132 valence electrons. The Kier molecular flexibility index (Phi) is 11.7. The normalized spacial score (nSPS) is 11.7.